The Morgan fingerprint density at radius 1 is 1.30 bits per heavy atom. The van der Waals surface area contributed by atoms with Gasteiger partial charge < -0.3 is 15.3 Å². The van der Waals surface area contributed by atoms with Gasteiger partial charge in [-0.25, -0.2) is 0 Å². The lowest BCUT2D eigenvalue weighted by molar-refractivity contribution is -0.0422. The number of aliphatic hydroxyl groups is 3. The topological polar surface area (TPSA) is 72.7 Å². The fraction of sp³-hybridized carbons (Fsp3) is 1.00. The Bertz CT molecular complexity index is 109. The van der Waals surface area contributed by atoms with Crippen molar-refractivity contribution in [3.05, 3.63) is 0 Å². The molecule has 3 atom stereocenters. The van der Waals surface area contributed by atoms with Crippen LogP contribution in [0, 0.1) is 0 Å². The van der Waals surface area contributed by atoms with E-state index in [4.69, 9.17) is 15.3 Å². The summed E-state index contributed by atoms with van der Waals surface area (Å²) in [7, 11) is 0. The number of rotatable bonds is 1. The highest BCUT2D eigenvalue weighted by Gasteiger charge is 2.25. The maximum Gasteiger partial charge on any atom is 0.131 e. The van der Waals surface area contributed by atoms with Gasteiger partial charge in [0.05, 0.1) is 12.7 Å². The summed E-state index contributed by atoms with van der Waals surface area (Å²) in [5, 5.41) is 29.3. The van der Waals surface area contributed by atoms with Crippen molar-refractivity contribution in [2.24, 2.45) is 0 Å². The van der Waals surface area contributed by atoms with Crippen LogP contribution in [0.1, 0.15) is 12.8 Å². The normalized spacial score (nSPS) is 41.7. The highest BCUT2D eigenvalue weighted by Crippen LogP contribution is 2.10. The van der Waals surface area contributed by atoms with E-state index in [1.165, 1.54) is 0 Å². The Balaban J connectivity index is 2.33. The monoisotopic (exact) mass is 147 g/mol. The number of hydrogen-bond donors (Lipinski definition) is 4. The molecule has 0 aliphatic carbocycles. The van der Waals surface area contributed by atoms with E-state index in [2.05, 4.69) is 5.32 Å². The van der Waals surface area contributed by atoms with Crippen LogP contribution in [-0.4, -0.2) is 40.3 Å². The van der Waals surface area contributed by atoms with Gasteiger partial charge in [-0.2, -0.15) is 0 Å². The third kappa shape index (κ3) is 1.67. The van der Waals surface area contributed by atoms with E-state index in [1.807, 2.05) is 0 Å². The largest absolute Gasteiger partial charge is 0.395 e. The summed E-state index contributed by atoms with van der Waals surface area (Å²) < 4.78 is 0. The molecule has 0 aromatic heterocycles. The second-order valence-electron chi connectivity index (χ2n) is 2.64. The van der Waals surface area contributed by atoms with E-state index in [0.29, 0.717) is 12.8 Å². The molecule has 0 bridgehead atoms. The van der Waals surface area contributed by atoms with Crippen LogP contribution in [0.15, 0.2) is 0 Å². The van der Waals surface area contributed by atoms with Gasteiger partial charge in [0.1, 0.15) is 6.23 Å². The molecule has 4 nitrogen and oxygen atoms in total. The molecule has 1 aliphatic heterocycles. The van der Waals surface area contributed by atoms with Crippen molar-refractivity contribution in [2.75, 3.05) is 6.61 Å². The van der Waals surface area contributed by atoms with Crippen molar-refractivity contribution in [1.82, 2.24) is 5.32 Å². The molecule has 0 radical (unpaired) electrons. The average molecular weight is 147 g/mol. The smallest absolute Gasteiger partial charge is 0.131 e. The number of nitrogens with one attached hydrogen (secondary N) is 1. The summed E-state index contributed by atoms with van der Waals surface area (Å²) in [5.74, 6) is 0. The zero-order chi connectivity index (χ0) is 7.56. The third-order valence-corrected chi connectivity index (χ3v) is 1.80. The molecule has 60 valence electrons. The third-order valence-electron chi connectivity index (χ3n) is 1.80. The summed E-state index contributed by atoms with van der Waals surface area (Å²) in [5.41, 5.74) is 0. The van der Waals surface area contributed by atoms with Gasteiger partial charge in [-0.1, -0.05) is 0 Å². The van der Waals surface area contributed by atoms with Crippen LogP contribution >= 0.6 is 0 Å². The zero-order valence-electron chi connectivity index (χ0n) is 5.70. The molecule has 1 fully saturated rings. The maximum atomic E-state index is 9.01. The Morgan fingerprint density at radius 3 is 2.50 bits per heavy atom. The van der Waals surface area contributed by atoms with Gasteiger partial charge in [-0.15, -0.1) is 0 Å². The van der Waals surface area contributed by atoms with Gasteiger partial charge >= 0.3 is 0 Å². The fourth-order valence-corrected chi connectivity index (χ4v) is 1.11. The predicted octanol–water partition coefficient (Wildman–Crippen LogP) is -1.59. The average Bonchev–Trinajstić information content (AvgIpc) is 1.95. The Morgan fingerprint density at radius 2 is 2.00 bits per heavy atom. The van der Waals surface area contributed by atoms with Crippen molar-refractivity contribution in [2.45, 2.75) is 31.2 Å². The lowest BCUT2D eigenvalue weighted by Crippen LogP contribution is -2.51. The Hall–Kier alpha value is -0.160. The van der Waals surface area contributed by atoms with Crippen molar-refractivity contribution < 1.29 is 15.3 Å². The van der Waals surface area contributed by atoms with E-state index in [-0.39, 0.29) is 12.6 Å². The quantitative estimate of drug-likeness (QED) is 0.361. The molecular weight excluding hydrogens is 134 g/mol. The van der Waals surface area contributed by atoms with E-state index >= 15 is 0 Å². The molecule has 4 heteroatoms. The lowest BCUT2D eigenvalue weighted by Gasteiger charge is -2.30. The number of aliphatic hydroxyl groups excluding tert-OH is 3. The summed E-state index contributed by atoms with van der Waals surface area (Å²) in [6.07, 6.45) is -0.276. The molecule has 0 amide bonds. The molecule has 1 unspecified atom stereocenters. The first-order valence-electron chi connectivity index (χ1n) is 3.47. The van der Waals surface area contributed by atoms with Crippen LogP contribution in [0.25, 0.3) is 0 Å². The second-order valence-corrected chi connectivity index (χ2v) is 2.64. The number of hydrogen-bond acceptors (Lipinski definition) is 4. The first-order valence-corrected chi connectivity index (χ1v) is 3.47. The van der Waals surface area contributed by atoms with Gasteiger partial charge in [0.25, 0.3) is 0 Å². The molecule has 1 rings (SSSR count). The molecule has 10 heavy (non-hydrogen) atoms. The molecule has 0 saturated carbocycles. The SMILES string of the molecule is OC[C@@H]1CC[C@@H](O)C(O)N1. The van der Waals surface area contributed by atoms with Crippen molar-refractivity contribution in [3.8, 4) is 0 Å². The van der Waals surface area contributed by atoms with Crippen molar-refractivity contribution >= 4 is 0 Å². The fourth-order valence-electron chi connectivity index (χ4n) is 1.11. The summed E-state index contributed by atoms with van der Waals surface area (Å²) >= 11 is 0. The second kappa shape index (κ2) is 3.30. The van der Waals surface area contributed by atoms with Crippen LogP contribution in [-0.2, 0) is 0 Å². The highest BCUT2D eigenvalue weighted by atomic mass is 16.3. The standard InChI is InChI=1S/C6H13NO3/c8-3-4-1-2-5(9)6(10)7-4/h4-10H,1-3H2/t4-,5+,6?/m0/s1. The Kier molecular flexibility index (Phi) is 2.62. The molecular formula is C6H13NO3. The first kappa shape index (κ1) is 7.94. The van der Waals surface area contributed by atoms with Gasteiger partial charge in [0.2, 0.25) is 0 Å². The minimum atomic E-state index is -0.870. The van der Waals surface area contributed by atoms with Gasteiger partial charge in [0.15, 0.2) is 0 Å². The summed E-state index contributed by atoms with van der Waals surface area (Å²) in [4.78, 5) is 0. The molecule has 0 aromatic carbocycles. The maximum absolute atomic E-state index is 9.01. The Labute approximate surface area is 59.5 Å². The van der Waals surface area contributed by atoms with Gasteiger partial charge in [0, 0.05) is 6.04 Å². The minimum absolute atomic E-state index is 0.0176. The predicted molar refractivity (Wildman–Crippen MR) is 35.3 cm³/mol. The number of piperidine rings is 1. The van der Waals surface area contributed by atoms with Crippen LogP contribution in [0.5, 0.6) is 0 Å². The first-order chi connectivity index (χ1) is 4.74. The van der Waals surface area contributed by atoms with Crippen LogP contribution < -0.4 is 5.32 Å². The van der Waals surface area contributed by atoms with Crippen molar-refractivity contribution in [3.63, 3.8) is 0 Å². The zero-order valence-corrected chi connectivity index (χ0v) is 5.70. The molecule has 1 heterocycles. The molecule has 1 aliphatic rings. The van der Waals surface area contributed by atoms with Crippen LogP contribution in [0.3, 0.4) is 0 Å². The molecule has 1 saturated heterocycles. The van der Waals surface area contributed by atoms with E-state index in [9.17, 15) is 0 Å². The van der Waals surface area contributed by atoms with E-state index in [1.54, 1.807) is 0 Å². The highest BCUT2D eigenvalue weighted by molar-refractivity contribution is 4.79. The lowest BCUT2D eigenvalue weighted by atomic mass is 10.0. The van der Waals surface area contributed by atoms with Gasteiger partial charge in [-0.3, -0.25) is 5.32 Å². The van der Waals surface area contributed by atoms with Crippen molar-refractivity contribution in [1.29, 1.82) is 0 Å². The molecule has 4 N–H and O–H groups in total. The van der Waals surface area contributed by atoms with Crippen LogP contribution in [0.2, 0.25) is 0 Å². The van der Waals surface area contributed by atoms with Gasteiger partial charge in [-0.05, 0) is 12.8 Å². The van der Waals surface area contributed by atoms with E-state index < -0.39 is 12.3 Å². The molecule has 0 spiro atoms. The van der Waals surface area contributed by atoms with E-state index in [0.717, 1.165) is 0 Å². The molecule has 0 aromatic rings. The summed E-state index contributed by atoms with van der Waals surface area (Å²) in [6.45, 7) is 0.0176. The summed E-state index contributed by atoms with van der Waals surface area (Å²) in [6, 6.07) is -0.0570. The minimum Gasteiger partial charge on any atom is -0.395 e. The van der Waals surface area contributed by atoms with Crippen LogP contribution in [0.4, 0.5) is 0 Å².